The molecule has 0 saturated heterocycles. The van der Waals surface area contributed by atoms with Gasteiger partial charge in [0, 0.05) is 6.04 Å². The van der Waals surface area contributed by atoms with Gasteiger partial charge in [-0.1, -0.05) is 18.2 Å². The number of imidazole rings is 1. The first-order valence-corrected chi connectivity index (χ1v) is 8.79. The van der Waals surface area contributed by atoms with E-state index in [0.29, 0.717) is 12.5 Å². The number of hydrogen-bond donors (Lipinski definition) is 2. The highest BCUT2D eigenvalue weighted by molar-refractivity contribution is 5.68. The molecule has 2 aliphatic rings. The van der Waals surface area contributed by atoms with Crippen molar-refractivity contribution in [1.29, 1.82) is 5.26 Å². The minimum atomic E-state index is -0.159. The summed E-state index contributed by atoms with van der Waals surface area (Å²) in [6, 6.07) is 6.55. The number of rotatable bonds is 3. The molecule has 0 spiro atoms. The maximum absolute atomic E-state index is 9.64. The number of nitrogens with one attached hydrogen (secondary N) is 1. The van der Waals surface area contributed by atoms with Gasteiger partial charge in [-0.2, -0.15) is 5.26 Å². The molecule has 25 heavy (non-hydrogen) atoms. The maximum Gasteiger partial charge on any atom is 0.154 e. The predicted molar refractivity (Wildman–Crippen MR) is 95.7 cm³/mol. The third-order valence-corrected chi connectivity index (χ3v) is 4.99. The van der Waals surface area contributed by atoms with Crippen LogP contribution in [0.5, 0.6) is 0 Å². The lowest BCUT2D eigenvalue weighted by Crippen LogP contribution is -2.28. The van der Waals surface area contributed by atoms with Crippen molar-refractivity contribution in [2.45, 2.75) is 44.2 Å². The monoisotopic (exact) mass is 335 g/mol. The van der Waals surface area contributed by atoms with Gasteiger partial charge in [-0.15, -0.1) is 5.10 Å². The molecule has 2 N–H and O–H groups in total. The van der Waals surface area contributed by atoms with Crippen molar-refractivity contribution >= 4 is 17.0 Å². The fourth-order valence-electron chi connectivity index (χ4n) is 3.56. The molecule has 4 rings (SSSR count). The third-order valence-electron chi connectivity index (χ3n) is 4.99. The summed E-state index contributed by atoms with van der Waals surface area (Å²) in [6.45, 7) is 0. The van der Waals surface area contributed by atoms with Crippen LogP contribution in [0, 0.1) is 17.2 Å². The predicted octanol–water partition coefficient (Wildman–Crippen LogP) is 2.93. The van der Waals surface area contributed by atoms with E-state index in [9.17, 15) is 10.4 Å². The second-order valence-corrected chi connectivity index (χ2v) is 6.80. The normalized spacial score (nSPS) is 26.2. The molecule has 0 aliphatic heterocycles. The van der Waals surface area contributed by atoms with Crippen molar-refractivity contribution in [3.8, 4) is 6.07 Å². The van der Waals surface area contributed by atoms with Crippen LogP contribution in [0.15, 0.2) is 36.6 Å². The molecule has 2 heterocycles. The van der Waals surface area contributed by atoms with Gasteiger partial charge in [0.25, 0.3) is 0 Å². The summed E-state index contributed by atoms with van der Waals surface area (Å²) in [5.41, 5.74) is 2.80. The Morgan fingerprint density at radius 1 is 1.24 bits per heavy atom. The van der Waals surface area contributed by atoms with Crippen molar-refractivity contribution in [3.05, 3.63) is 42.3 Å². The molecule has 2 aromatic heterocycles. The van der Waals surface area contributed by atoms with E-state index in [2.05, 4.69) is 16.4 Å². The van der Waals surface area contributed by atoms with E-state index in [1.165, 1.54) is 0 Å². The molecule has 1 saturated carbocycles. The van der Waals surface area contributed by atoms with E-state index < -0.39 is 0 Å². The smallest absolute Gasteiger partial charge is 0.154 e. The zero-order valence-corrected chi connectivity index (χ0v) is 14.0. The van der Waals surface area contributed by atoms with Gasteiger partial charge in [0.2, 0.25) is 0 Å². The van der Waals surface area contributed by atoms with Crippen LogP contribution in [0.4, 0.5) is 5.82 Å². The number of allylic oxidation sites excluding steroid dienone is 4. The standard InChI is InChI=1S/C19H21N5O/c20-11-13-2-1-3-14(10-13)17-12-21-19-9-8-18(23-24(17)19)22-15-4-6-16(25)7-5-15/h1-3,8-9,12-13,15-16,25H,4-7,10H2,(H,22,23). The summed E-state index contributed by atoms with van der Waals surface area (Å²) in [4.78, 5) is 4.43. The Labute approximate surface area is 146 Å². The molecule has 1 atom stereocenters. The van der Waals surface area contributed by atoms with Gasteiger partial charge >= 0.3 is 0 Å². The van der Waals surface area contributed by atoms with Crippen LogP contribution in [0.1, 0.15) is 37.8 Å². The van der Waals surface area contributed by atoms with E-state index in [0.717, 1.165) is 48.4 Å². The van der Waals surface area contributed by atoms with E-state index in [-0.39, 0.29) is 12.0 Å². The largest absolute Gasteiger partial charge is 0.393 e. The first-order chi connectivity index (χ1) is 12.2. The zero-order valence-electron chi connectivity index (χ0n) is 14.0. The highest BCUT2D eigenvalue weighted by Gasteiger charge is 2.20. The highest BCUT2D eigenvalue weighted by Crippen LogP contribution is 2.28. The van der Waals surface area contributed by atoms with Crippen LogP contribution in [-0.2, 0) is 0 Å². The van der Waals surface area contributed by atoms with Gasteiger partial charge in [0.1, 0.15) is 5.82 Å². The average Bonchev–Trinajstić information content (AvgIpc) is 3.07. The molecule has 6 nitrogen and oxygen atoms in total. The van der Waals surface area contributed by atoms with Crippen LogP contribution >= 0.6 is 0 Å². The van der Waals surface area contributed by atoms with Crippen molar-refractivity contribution in [1.82, 2.24) is 14.6 Å². The summed E-state index contributed by atoms with van der Waals surface area (Å²) < 4.78 is 1.85. The second kappa shape index (κ2) is 6.69. The number of aliphatic hydroxyl groups excluding tert-OH is 1. The number of aliphatic hydroxyl groups is 1. The van der Waals surface area contributed by atoms with Crippen LogP contribution in [0.3, 0.4) is 0 Å². The summed E-state index contributed by atoms with van der Waals surface area (Å²) in [5, 5.41) is 27.0. The Morgan fingerprint density at radius 2 is 2.08 bits per heavy atom. The molecule has 0 aromatic carbocycles. The fraction of sp³-hybridized carbons (Fsp3) is 0.421. The number of hydrogen-bond acceptors (Lipinski definition) is 5. The number of nitriles is 1. The van der Waals surface area contributed by atoms with E-state index in [4.69, 9.17) is 5.10 Å². The molecule has 2 aliphatic carbocycles. The van der Waals surface area contributed by atoms with Gasteiger partial charge < -0.3 is 10.4 Å². The lowest BCUT2D eigenvalue weighted by molar-refractivity contribution is 0.126. The van der Waals surface area contributed by atoms with Crippen molar-refractivity contribution < 1.29 is 5.11 Å². The molecular formula is C19H21N5O. The third kappa shape index (κ3) is 3.28. The van der Waals surface area contributed by atoms with Crippen LogP contribution in [-0.4, -0.2) is 31.9 Å². The Bertz CT molecular complexity index is 868. The van der Waals surface area contributed by atoms with Crippen LogP contribution < -0.4 is 5.32 Å². The quantitative estimate of drug-likeness (QED) is 0.900. The minimum absolute atomic E-state index is 0.0967. The molecule has 1 unspecified atom stereocenters. The Hall–Kier alpha value is -2.65. The molecular weight excluding hydrogens is 314 g/mol. The van der Waals surface area contributed by atoms with Gasteiger partial charge in [0.15, 0.2) is 5.65 Å². The average molecular weight is 335 g/mol. The van der Waals surface area contributed by atoms with E-state index >= 15 is 0 Å². The lowest BCUT2D eigenvalue weighted by atomic mass is 9.93. The van der Waals surface area contributed by atoms with E-state index in [1.54, 1.807) is 0 Å². The van der Waals surface area contributed by atoms with Crippen molar-refractivity contribution in [2.24, 2.45) is 5.92 Å². The van der Waals surface area contributed by atoms with Crippen LogP contribution in [0.2, 0.25) is 0 Å². The van der Waals surface area contributed by atoms with Crippen molar-refractivity contribution in [2.75, 3.05) is 5.32 Å². The molecule has 128 valence electrons. The Balaban J connectivity index is 1.59. The van der Waals surface area contributed by atoms with Crippen LogP contribution in [0.25, 0.3) is 11.2 Å². The molecule has 0 radical (unpaired) electrons. The molecule has 0 bridgehead atoms. The number of nitrogens with zero attached hydrogens (tertiary/aromatic N) is 4. The molecule has 0 amide bonds. The molecule has 1 fully saturated rings. The summed E-state index contributed by atoms with van der Waals surface area (Å²) in [6.07, 6.45) is 11.8. The summed E-state index contributed by atoms with van der Waals surface area (Å²) >= 11 is 0. The highest BCUT2D eigenvalue weighted by atomic mass is 16.3. The van der Waals surface area contributed by atoms with Crippen molar-refractivity contribution in [3.63, 3.8) is 0 Å². The van der Waals surface area contributed by atoms with Gasteiger partial charge in [-0.05, 0) is 49.8 Å². The fourth-order valence-corrected chi connectivity index (χ4v) is 3.56. The first-order valence-electron chi connectivity index (χ1n) is 8.79. The second-order valence-electron chi connectivity index (χ2n) is 6.80. The van der Waals surface area contributed by atoms with Gasteiger partial charge in [0.05, 0.1) is 30.0 Å². The number of anilines is 1. The zero-order chi connectivity index (χ0) is 17.2. The van der Waals surface area contributed by atoms with Gasteiger partial charge in [-0.3, -0.25) is 0 Å². The molecule has 2 aromatic rings. The number of aromatic nitrogens is 3. The maximum atomic E-state index is 9.64. The summed E-state index contributed by atoms with van der Waals surface area (Å²) in [7, 11) is 0. The molecule has 6 heteroatoms. The van der Waals surface area contributed by atoms with E-state index in [1.807, 2.05) is 41.1 Å². The Morgan fingerprint density at radius 3 is 2.88 bits per heavy atom. The minimum Gasteiger partial charge on any atom is -0.393 e. The first kappa shape index (κ1) is 15.9. The topological polar surface area (TPSA) is 86.2 Å². The Kier molecular flexibility index (Phi) is 4.24. The SMILES string of the molecule is N#CC1C=CC=C(c2cnc3ccc(NC4CCC(O)CC4)nn23)C1. The number of fused-ring (bicyclic) bond motifs is 1. The van der Waals surface area contributed by atoms with Gasteiger partial charge in [-0.25, -0.2) is 9.50 Å². The lowest BCUT2D eigenvalue weighted by Gasteiger charge is -2.26. The summed E-state index contributed by atoms with van der Waals surface area (Å²) in [5.74, 6) is 0.720.